The molecule has 3 saturated heterocycles. The first-order valence-electron chi connectivity index (χ1n) is 16.0. The number of likely N-dealkylation sites (N-methyl/N-ethyl adjacent to an activating group) is 1. The van der Waals surface area contributed by atoms with Crippen LogP contribution < -0.4 is 9.64 Å². The molecule has 4 heterocycles. The fourth-order valence-corrected chi connectivity index (χ4v) is 7.53. The highest BCUT2D eigenvalue weighted by Crippen LogP contribution is 2.45. The van der Waals surface area contributed by atoms with Crippen LogP contribution in [0.15, 0.2) is 43.0 Å². The Morgan fingerprint density at radius 3 is 2.59 bits per heavy atom. The van der Waals surface area contributed by atoms with Crippen molar-refractivity contribution in [2.24, 2.45) is 5.41 Å². The number of aromatic nitrogens is 2. The summed E-state index contributed by atoms with van der Waals surface area (Å²) in [5, 5.41) is 9.53. The van der Waals surface area contributed by atoms with Gasteiger partial charge >= 0.3 is 6.01 Å². The molecule has 10 heteroatoms. The highest BCUT2D eigenvalue weighted by Gasteiger charge is 2.41. The van der Waals surface area contributed by atoms with E-state index in [9.17, 15) is 14.9 Å². The van der Waals surface area contributed by atoms with Crippen molar-refractivity contribution in [1.29, 1.82) is 5.26 Å². The number of amides is 2. The van der Waals surface area contributed by atoms with E-state index < -0.39 is 0 Å². The minimum absolute atomic E-state index is 0.0907. The Kier molecular flexibility index (Phi) is 8.85. The molecule has 2 amide bonds. The van der Waals surface area contributed by atoms with E-state index in [0.717, 1.165) is 80.8 Å². The van der Waals surface area contributed by atoms with Gasteiger partial charge in [0, 0.05) is 49.9 Å². The van der Waals surface area contributed by atoms with Gasteiger partial charge in [0.05, 0.1) is 24.2 Å². The van der Waals surface area contributed by atoms with Crippen molar-refractivity contribution in [3.8, 4) is 12.1 Å². The summed E-state index contributed by atoms with van der Waals surface area (Å²) in [6.45, 7) is 8.43. The monoisotopic (exact) mass is 597 g/mol. The number of anilines is 1. The van der Waals surface area contributed by atoms with Crippen LogP contribution >= 0.6 is 0 Å². The molecule has 44 heavy (non-hydrogen) atoms. The number of carbonyl (C=O) groups is 2. The number of benzene rings is 1. The van der Waals surface area contributed by atoms with Gasteiger partial charge in [-0.15, -0.1) is 0 Å². The predicted octanol–water partition coefficient (Wildman–Crippen LogP) is 3.48. The zero-order chi connectivity index (χ0) is 30.7. The lowest BCUT2D eigenvalue weighted by Crippen LogP contribution is -2.55. The van der Waals surface area contributed by atoms with Crippen LogP contribution in [-0.4, -0.2) is 101 Å². The highest BCUT2D eigenvalue weighted by molar-refractivity contribution is 5.94. The maximum absolute atomic E-state index is 13.1. The first-order valence-corrected chi connectivity index (χ1v) is 16.0. The van der Waals surface area contributed by atoms with Crippen LogP contribution in [0.4, 0.5) is 5.82 Å². The van der Waals surface area contributed by atoms with Crippen molar-refractivity contribution in [3.63, 3.8) is 0 Å². The number of carbonyl (C=O) groups excluding carboxylic acids is 2. The second-order valence-electron chi connectivity index (χ2n) is 12.9. The molecular weight excluding hydrogens is 554 g/mol. The second kappa shape index (κ2) is 12.9. The van der Waals surface area contributed by atoms with Crippen LogP contribution in [0, 0.1) is 16.7 Å². The third-order valence-electron chi connectivity index (χ3n) is 10.3. The number of nitrogens with zero attached hydrogens (tertiary/aromatic N) is 7. The van der Waals surface area contributed by atoms with E-state index in [1.807, 2.05) is 35.2 Å². The summed E-state index contributed by atoms with van der Waals surface area (Å²) in [6, 6.07) is 12.3. The molecule has 0 saturated carbocycles. The Morgan fingerprint density at radius 1 is 1.09 bits per heavy atom. The van der Waals surface area contributed by atoms with Crippen LogP contribution in [0.5, 0.6) is 6.01 Å². The highest BCUT2D eigenvalue weighted by atomic mass is 16.5. The molecule has 2 aromatic rings. The molecular formula is C34H43N7O3. The van der Waals surface area contributed by atoms with Crippen LogP contribution in [0.2, 0.25) is 0 Å². The van der Waals surface area contributed by atoms with Gasteiger partial charge in [0.2, 0.25) is 5.91 Å². The molecule has 4 aliphatic rings. The standard InChI is InChI=1S/C34H43N7O3/c1-3-30(42)41-21-20-40(23-26(41)12-16-35)31-28-11-13-34(14-18-39(19-15-34)32(43)25-8-5-4-6-9-25)22-29(28)36-33(37-31)44-24-27-10-7-17-38(27)2/h3-6,8-9,26-27H,1,7,10-15,17-24H2,2H3/t26-,27-/m0/s1. The number of piperazine rings is 1. The number of hydrogen-bond acceptors (Lipinski definition) is 8. The average Bonchev–Trinajstić information content (AvgIpc) is 3.47. The zero-order valence-electron chi connectivity index (χ0n) is 25.8. The first-order chi connectivity index (χ1) is 21.4. The van der Waals surface area contributed by atoms with Crippen molar-refractivity contribution in [3.05, 3.63) is 59.8 Å². The summed E-state index contributed by atoms with van der Waals surface area (Å²) in [5.41, 5.74) is 3.03. The quantitative estimate of drug-likeness (QED) is 0.447. The van der Waals surface area contributed by atoms with E-state index in [2.05, 4.69) is 29.5 Å². The predicted molar refractivity (Wildman–Crippen MR) is 167 cm³/mol. The number of likely N-dealkylation sites (tertiary alicyclic amines) is 2. The smallest absolute Gasteiger partial charge is 0.318 e. The van der Waals surface area contributed by atoms with E-state index in [1.54, 1.807) is 4.90 Å². The molecule has 0 N–H and O–H groups in total. The Labute approximate surface area is 260 Å². The van der Waals surface area contributed by atoms with E-state index in [4.69, 9.17) is 14.7 Å². The third kappa shape index (κ3) is 6.16. The van der Waals surface area contributed by atoms with Crippen LogP contribution in [0.25, 0.3) is 0 Å². The van der Waals surface area contributed by atoms with Gasteiger partial charge in [-0.05, 0) is 82.2 Å². The molecule has 2 atom stereocenters. The molecule has 232 valence electrons. The molecule has 1 aliphatic carbocycles. The zero-order valence-corrected chi connectivity index (χ0v) is 25.8. The maximum atomic E-state index is 13.1. The van der Waals surface area contributed by atoms with Crippen molar-refractivity contribution in [2.45, 2.75) is 63.5 Å². The Morgan fingerprint density at radius 2 is 1.89 bits per heavy atom. The van der Waals surface area contributed by atoms with Crippen molar-refractivity contribution < 1.29 is 14.3 Å². The van der Waals surface area contributed by atoms with Gasteiger partial charge in [-0.1, -0.05) is 24.8 Å². The fraction of sp³-hybridized carbons (Fsp3) is 0.559. The van der Waals surface area contributed by atoms with Gasteiger partial charge in [-0.25, -0.2) is 0 Å². The largest absolute Gasteiger partial charge is 0.462 e. The van der Waals surface area contributed by atoms with Crippen molar-refractivity contribution in [1.82, 2.24) is 24.7 Å². The molecule has 10 nitrogen and oxygen atoms in total. The number of nitriles is 1. The molecule has 0 radical (unpaired) electrons. The van der Waals surface area contributed by atoms with E-state index in [1.165, 1.54) is 12.5 Å². The first kappa shape index (κ1) is 30.1. The topological polar surface area (TPSA) is 106 Å². The molecule has 0 unspecified atom stereocenters. The number of piperidine rings is 1. The summed E-state index contributed by atoms with van der Waals surface area (Å²) in [7, 11) is 2.14. The van der Waals surface area contributed by atoms with Gasteiger partial charge in [-0.3, -0.25) is 9.59 Å². The van der Waals surface area contributed by atoms with Gasteiger partial charge in [0.1, 0.15) is 12.4 Å². The fourth-order valence-electron chi connectivity index (χ4n) is 7.53. The van der Waals surface area contributed by atoms with Crippen molar-refractivity contribution in [2.75, 3.05) is 57.8 Å². The SMILES string of the molecule is C=CC(=O)N1CCN(c2nc(OC[C@@H]3CCCN3C)nc3c2CCC2(CCN(C(=O)c4ccccc4)CC2)C3)C[C@@H]1CC#N. The van der Waals surface area contributed by atoms with Crippen LogP contribution in [0.1, 0.15) is 60.1 Å². The molecule has 6 rings (SSSR count). The molecule has 3 aliphatic heterocycles. The van der Waals surface area contributed by atoms with E-state index in [-0.39, 0.29) is 29.7 Å². The summed E-state index contributed by atoms with van der Waals surface area (Å²) in [4.78, 5) is 44.0. The Bertz CT molecular complexity index is 1420. The van der Waals surface area contributed by atoms with Crippen molar-refractivity contribution >= 4 is 17.6 Å². The normalized spacial score (nSPS) is 23.2. The number of fused-ring (bicyclic) bond motifs is 1. The molecule has 1 aromatic heterocycles. The minimum Gasteiger partial charge on any atom is -0.462 e. The Balaban J connectivity index is 1.23. The average molecular weight is 598 g/mol. The minimum atomic E-state index is -0.234. The lowest BCUT2D eigenvalue weighted by molar-refractivity contribution is -0.128. The third-order valence-corrected chi connectivity index (χ3v) is 10.3. The van der Waals surface area contributed by atoms with Crippen LogP contribution in [-0.2, 0) is 17.6 Å². The van der Waals surface area contributed by atoms with Gasteiger partial charge < -0.3 is 24.3 Å². The number of hydrogen-bond donors (Lipinski definition) is 0. The summed E-state index contributed by atoms with van der Waals surface area (Å²) in [6.07, 6.45) is 8.46. The molecule has 1 aromatic carbocycles. The molecule has 1 spiro atoms. The maximum Gasteiger partial charge on any atom is 0.318 e. The van der Waals surface area contributed by atoms with Gasteiger partial charge in [0.25, 0.3) is 5.91 Å². The second-order valence-corrected chi connectivity index (χ2v) is 12.9. The summed E-state index contributed by atoms with van der Waals surface area (Å²) < 4.78 is 6.31. The lowest BCUT2D eigenvalue weighted by Gasteiger charge is -2.45. The summed E-state index contributed by atoms with van der Waals surface area (Å²) >= 11 is 0. The van der Waals surface area contributed by atoms with Crippen LogP contribution in [0.3, 0.4) is 0 Å². The summed E-state index contributed by atoms with van der Waals surface area (Å²) in [5.74, 6) is 0.846. The molecule has 0 bridgehead atoms. The van der Waals surface area contributed by atoms with Gasteiger partial charge in [-0.2, -0.15) is 15.2 Å². The number of ether oxygens (including phenoxy) is 1. The lowest BCUT2D eigenvalue weighted by atomic mass is 9.67. The number of rotatable bonds is 7. The van der Waals surface area contributed by atoms with E-state index >= 15 is 0 Å². The van der Waals surface area contributed by atoms with Gasteiger partial charge in [0.15, 0.2) is 0 Å². The Hall–Kier alpha value is -3.97. The molecule has 3 fully saturated rings. The van der Waals surface area contributed by atoms with E-state index in [0.29, 0.717) is 38.3 Å².